The van der Waals surface area contributed by atoms with Gasteiger partial charge in [0.25, 0.3) is 0 Å². The highest BCUT2D eigenvalue weighted by Crippen LogP contribution is 2.26. The fourth-order valence-electron chi connectivity index (χ4n) is 2.42. The van der Waals surface area contributed by atoms with Crippen molar-refractivity contribution in [3.8, 4) is 0 Å². The van der Waals surface area contributed by atoms with Crippen LogP contribution in [0.4, 0.5) is 10.5 Å². The van der Waals surface area contributed by atoms with Gasteiger partial charge in [-0.1, -0.05) is 24.6 Å². The zero-order valence-corrected chi connectivity index (χ0v) is 10.9. The molecule has 5 nitrogen and oxygen atoms in total. The average Bonchev–Trinajstić information content (AvgIpc) is 2.87. The normalized spacial score (nSPS) is 21.7. The van der Waals surface area contributed by atoms with Crippen LogP contribution in [0.5, 0.6) is 0 Å². The van der Waals surface area contributed by atoms with Gasteiger partial charge in [0.15, 0.2) is 0 Å². The third kappa shape index (κ3) is 3.47. The molecule has 1 aromatic carbocycles. The monoisotopic (exact) mass is 262 g/mol. The molecule has 19 heavy (non-hydrogen) atoms. The molecule has 1 aliphatic carbocycles. The van der Waals surface area contributed by atoms with Crippen molar-refractivity contribution >= 4 is 17.7 Å². The predicted octanol–water partition coefficient (Wildman–Crippen LogP) is 2.15. The highest BCUT2D eigenvalue weighted by molar-refractivity contribution is 5.89. The van der Waals surface area contributed by atoms with Gasteiger partial charge in [0.1, 0.15) is 0 Å². The second-order valence-corrected chi connectivity index (χ2v) is 4.63. The van der Waals surface area contributed by atoms with Crippen LogP contribution in [-0.4, -0.2) is 25.2 Å². The third-order valence-electron chi connectivity index (χ3n) is 3.37. The molecule has 0 aliphatic heterocycles. The van der Waals surface area contributed by atoms with E-state index in [0.29, 0.717) is 0 Å². The van der Waals surface area contributed by atoms with Crippen LogP contribution in [-0.2, 0) is 9.53 Å². The molecule has 102 valence electrons. The number of methoxy groups -OCH3 is 1. The molecule has 0 heterocycles. The minimum atomic E-state index is -0.285. The number of nitrogens with one attached hydrogen (secondary N) is 2. The second-order valence-electron chi connectivity index (χ2n) is 4.63. The zero-order chi connectivity index (χ0) is 13.7. The van der Waals surface area contributed by atoms with Gasteiger partial charge < -0.3 is 15.4 Å². The van der Waals surface area contributed by atoms with Gasteiger partial charge in [-0.2, -0.15) is 0 Å². The zero-order valence-electron chi connectivity index (χ0n) is 10.9. The van der Waals surface area contributed by atoms with Crippen LogP contribution in [0.25, 0.3) is 0 Å². The maximum absolute atomic E-state index is 11.9. The molecule has 0 aromatic heterocycles. The molecule has 2 N–H and O–H groups in total. The van der Waals surface area contributed by atoms with Crippen LogP contribution >= 0.6 is 0 Å². The Hall–Kier alpha value is -2.04. The Morgan fingerprint density at radius 2 is 1.95 bits per heavy atom. The summed E-state index contributed by atoms with van der Waals surface area (Å²) in [5.74, 6) is -0.478. The Bertz CT molecular complexity index is 447. The number of hydrogen-bond donors (Lipinski definition) is 2. The fourth-order valence-corrected chi connectivity index (χ4v) is 2.42. The maximum atomic E-state index is 11.9. The summed E-state index contributed by atoms with van der Waals surface area (Å²) in [6.45, 7) is 0. The summed E-state index contributed by atoms with van der Waals surface area (Å²) >= 11 is 0. The number of carbonyl (C=O) groups is 2. The summed E-state index contributed by atoms with van der Waals surface area (Å²) in [6.07, 6.45) is 2.50. The maximum Gasteiger partial charge on any atom is 0.319 e. The first-order chi connectivity index (χ1) is 9.20. The minimum Gasteiger partial charge on any atom is -0.469 e. The van der Waals surface area contributed by atoms with Gasteiger partial charge in [-0.3, -0.25) is 4.79 Å². The van der Waals surface area contributed by atoms with E-state index >= 15 is 0 Å². The van der Waals surface area contributed by atoms with Crippen LogP contribution in [0, 0.1) is 5.92 Å². The molecule has 2 rings (SSSR count). The lowest BCUT2D eigenvalue weighted by Gasteiger charge is -2.19. The number of anilines is 1. The van der Waals surface area contributed by atoms with E-state index in [1.807, 2.05) is 30.3 Å². The predicted molar refractivity (Wildman–Crippen MR) is 71.7 cm³/mol. The molecule has 1 saturated carbocycles. The smallest absolute Gasteiger partial charge is 0.319 e. The van der Waals surface area contributed by atoms with E-state index in [1.54, 1.807) is 0 Å². The lowest BCUT2D eigenvalue weighted by molar-refractivity contribution is -0.145. The Morgan fingerprint density at radius 1 is 1.21 bits per heavy atom. The highest BCUT2D eigenvalue weighted by atomic mass is 16.5. The topological polar surface area (TPSA) is 67.4 Å². The standard InChI is InChI=1S/C14H18N2O3/c1-19-13(17)11-8-5-9-12(11)16-14(18)15-10-6-3-2-4-7-10/h2-4,6-7,11-12H,5,8-9H2,1H3,(H2,15,16,18)/t11-,12-/m0/s1. The van der Waals surface area contributed by atoms with E-state index in [0.717, 1.165) is 24.9 Å². The van der Waals surface area contributed by atoms with E-state index in [2.05, 4.69) is 10.6 Å². The van der Waals surface area contributed by atoms with Crippen molar-refractivity contribution in [3.63, 3.8) is 0 Å². The summed E-state index contributed by atoms with van der Waals surface area (Å²) < 4.78 is 4.75. The van der Waals surface area contributed by atoms with E-state index < -0.39 is 0 Å². The lowest BCUT2D eigenvalue weighted by atomic mass is 10.0. The Morgan fingerprint density at radius 3 is 2.63 bits per heavy atom. The van der Waals surface area contributed by atoms with Crippen molar-refractivity contribution < 1.29 is 14.3 Å². The number of para-hydroxylation sites is 1. The number of benzene rings is 1. The summed E-state index contributed by atoms with van der Waals surface area (Å²) in [6, 6.07) is 8.78. The van der Waals surface area contributed by atoms with Crippen LogP contribution in [0.1, 0.15) is 19.3 Å². The molecule has 0 bridgehead atoms. The summed E-state index contributed by atoms with van der Waals surface area (Å²) in [4.78, 5) is 23.4. The van der Waals surface area contributed by atoms with Crippen molar-refractivity contribution in [3.05, 3.63) is 30.3 Å². The van der Waals surface area contributed by atoms with E-state index in [1.165, 1.54) is 7.11 Å². The number of esters is 1. The van der Waals surface area contributed by atoms with E-state index in [-0.39, 0.29) is 24.0 Å². The molecule has 0 unspecified atom stereocenters. The highest BCUT2D eigenvalue weighted by Gasteiger charge is 2.34. The molecule has 2 amide bonds. The quantitative estimate of drug-likeness (QED) is 0.820. The lowest BCUT2D eigenvalue weighted by Crippen LogP contribution is -2.42. The molecule has 0 saturated heterocycles. The molecule has 5 heteroatoms. The molecule has 1 aliphatic rings. The first-order valence-corrected chi connectivity index (χ1v) is 6.41. The van der Waals surface area contributed by atoms with Gasteiger partial charge in [-0.25, -0.2) is 4.79 Å². The third-order valence-corrected chi connectivity index (χ3v) is 3.37. The fraction of sp³-hybridized carbons (Fsp3) is 0.429. The van der Waals surface area contributed by atoms with Crippen molar-refractivity contribution in [2.75, 3.05) is 12.4 Å². The van der Waals surface area contributed by atoms with Gasteiger partial charge in [0.05, 0.1) is 13.0 Å². The van der Waals surface area contributed by atoms with Gasteiger partial charge in [0.2, 0.25) is 0 Å². The SMILES string of the molecule is COC(=O)[C@H]1CCC[C@@H]1NC(=O)Nc1ccccc1. The van der Waals surface area contributed by atoms with Crippen LogP contribution < -0.4 is 10.6 Å². The van der Waals surface area contributed by atoms with Gasteiger partial charge in [-0.15, -0.1) is 0 Å². The summed E-state index contributed by atoms with van der Waals surface area (Å²) in [7, 11) is 1.38. The Balaban J connectivity index is 1.90. The van der Waals surface area contributed by atoms with E-state index in [9.17, 15) is 9.59 Å². The second kappa shape index (κ2) is 6.22. The first kappa shape index (κ1) is 13.4. The molecular formula is C14H18N2O3. The molecular weight excluding hydrogens is 244 g/mol. The van der Waals surface area contributed by atoms with Gasteiger partial charge in [-0.05, 0) is 25.0 Å². The molecule has 2 atom stereocenters. The number of amides is 2. The van der Waals surface area contributed by atoms with Crippen molar-refractivity contribution in [1.82, 2.24) is 5.32 Å². The van der Waals surface area contributed by atoms with Gasteiger partial charge in [0, 0.05) is 11.7 Å². The van der Waals surface area contributed by atoms with Crippen molar-refractivity contribution in [1.29, 1.82) is 0 Å². The molecule has 0 radical (unpaired) electrons. The number of rotatable bonds is 3. The van der Waals surface area contributed by atoms with Crippen molar-refractivity contribution in [2.45, 2.75) is 25.3 Å². The minimum absolute atomic E-state index is 0.142. The number of carbonyl (C=O) groups excluding carboxylic acids is 2. The Kier molecular flexibility index (Phi) is 4.39. The number of ether oxygens (including phenoxy) is 1. The molecule has 0 spiro atoms. The number of urea groups is 1. The van der Waals surface area contributed by atoms with E-state index in [4.69, 9.17) is 4.74 Å². The largest absolute Gasteiger partial charge is 0.469 e. The first-order valence-electron chi connectivity index (χ1n) is 6.41. The van der Waals surface area contributed by atoms with Crippen LogP contribution in [0.3, 0.4) is 0 Å². The van der Waals surface area contributed by atoms with Crippen LogP contribution in [0.15, 0.2) is 30.3 Å². The van der Waals surface area contributed by atoms with Crippen LogP contribution in [0.2, 0.25) is 0 Å². The van der Waals surface area contributed by atoms with Gasteiger partial charge >= 0.3 is 12.0 Å². The summed E-state index contributed by atoms with van der Waals surface area (Å²) in [5.41, 5.74) is 0.729. The average molecular weight is 262 g/mol. The molecule has 1 fully saturated rings. The van der Waals surface area contributed by atoms with Crippen molar-refractivity contribution in [2.24, 2.45) is 5.92 Å². The molecule has 1 aromatic rings. The number of hydrogen-bond acceptors (Lipinski definition) is 3. The summed E-state index contributed by atoms with van der Waals surface area (Å²) in [5, 5.41) is 5.59. The Labute approximate surface area is 112 Å².